The van der Waals surface area contributed by atoms with Gasteiger partial charge >= 0.3 is 0 Å². The molecule has 0 saturated carbocycles. The first-order valence-corrected chi connectivity index (χ1v) is 5.70. The van der Waals surface area contributed by atoms with Crippen LogP contribution in [0.4, 0.5) is 11.5 Å². The van der Waals surface area contributed by atoms with Gasteiger partial charge in [-0.15, -0.1) is 0 Å². The number of hydrogen-bond acceptors (Lipinski definition) is 5. The van der Waals surface area contributed by atoms with Crippen LogP contribution in [0.5, 0.6) is 0 Å². The molecule has 98 valence electrons. The predicted octanol–water partition coefficient (Wildman–Crippen LogP) is 1.44. The molecule has 0 radical (unpaired) electrons. The second-order valence-electron chi connectivity index (χ2n) is 3.77. The van der Waals surface area contributed by atoms with Crippen LogP contribution in [-0.2, 0) is 0 Å². The van der Waals surface area contributed by atoms with Crippen molar-refractivity contribution in [3.05, 3.63) is 27.9 Å². The van der Waals surface area contributed by atoms with Gasteiger partial charge in [-0.1, -0.05) is 6.92 Å². The standard InChI is InChI=1S/C11H16N4O3/c1-3-5-14(4-2)11(16)9-6-8(15(17)18)7-13-10(9)12/h6-7H,3-5H2,1-2H3,(H2,12,13). The molecule has 1 aromatic rings. The summed E-state index contributed by atoms with van der Waals surface area (Å²) < 4.78 is 0. The number of pyridine rings is 1. The van der Waals surface area contributed by atoms with E-state index < -0.39 is 4.92 Å². The number of rotatable bonds is 5. The van der Waals surface area contributed by atoms with Crippen LogP contribution in [0.25, 0.3) is 0 Å². The monoisotopic (exact) mass is 252 g/mol. The average Bonchev–Trinajstić information content (AvgIpc) is 2.35. The summed E-state index contributed by atoms with van der Waals surface area (Å²) in [4.78, 5) is 27.5. The molecule has 0 aliphatic heterocycles. The minimum absolute atomic E-state index is 0.0140. The summed E-state index contributed by atoms with van der Waals surface area (Å²) in [5.41, 5.74) is 5.44. The molecule has 0 unspecified atom stereocenters. The smallest absolute Gasteiger partial charge is 0.288 e. The largest absolute Gasteiger partial charge is 0.383 e. The van der Waals surface area contributed by atoms with Gasteiger partial charge in [-0.3, -0.25) is 14.9 Å². The highest BCUT2D eigenvalue weighted by Gasteiger charge is 2.20. The van der Waals surface area contributed by atoms with Crippen molar-refractivity contribution in [2.24, 2.45) is 0 Å². The Bertz CT molecular complexity index is 462. The van der Waals surface area contributed by atoms with Gasteiger partial charge in [-0.2, -0.15) is 0 Å². The van der Waals surface area contributed by atoms with Crippen molar-refractivity contribution in [2.75, 3.05) is 18.8 Å². The molecular formula is C11H16N4O3. The Balaban J connectivity index is 3.10. The van der Waals surface area contributed by atoms with Crippen LogP contribution in [0, 0.1) is 10.1 Å². The van der Waals surface area contributed by atoms with Crippen LogP contribution in [0.15, 0.2) is 12.3 Å². The third kappa shape index (κ3) is 2.93. The molecule has 1 heterocycles. The maximum absolute atomic E-state index is 12.1. The predicted molar refractivity (Wildman–Crippen MR) is 67.2 cm³/mol. The van der Waals surface area contributed by atoms with Crippen LogP contribution in [0.3, 0.4) is 0 Å². The lowest BCUT2D eigenvalue weighted by atomic mass is 10.2. The van der Waals surface area contributed by atoms with Gasteiger partial charge in [-0.05, 0) is 13.3 Å². The summed E-state index contributed by atoms with van der Waals surface area (Å²) in [6.07, 6.45) is 1.85. The van der Waals surface area contributed by atoms with Crippen LogP contribution in [0.2, 0.25) is 0 Å². The summed E-state index contributed by atoms with van der Waals surface area (Å²) in [6.45, 7) is 4.89. The zero-order chi connectivity index (χ0) is 13.7. The van der Waals surface area contributed by atoms with Crippen LogP contribution in [-0.4, -0.2) is 33.8 Å². The molecule has 0 fully saturated rings. The van der Waals surface area contributed by atoms with E-state index in [1.165, 1.54) is 6.07 Å². The fraction of sp³-hybridized carbons (Fsp3) is 0.455. The van der Waals surface area contributed by atoms with Crippen molar-refractivity contribution in [3.8, 4) is 0 Å². The third-order valence-corrected chi connectivity index (χ3v) is 2.51. The Morgan fingerprint density at radius 2 is 2.22 bits per heavy atom. The van der Waals surface area contributed by atoms with Crippen molar-refractivity contribution in [2.45, 2.75) is 20.3 Å². The van der Waals surface area contributed by atoms with Gasteiger partial charge in [0.1, 0.15) is 12.0 Å². The number of hydrogen-bond donors (Lipinski definition) is 1. The summed E-state index contributed by atoms with van der Waals surface area (Å²) in [6, 6.07) is 1.17. The molecule has 1 aromatic heterocycles. The molecular weight excluding hydrogens is 236 g/mol. The van der Waals surface area contributed by atoms with Crippen molar-refractivity contribution in [3.63, 3.8) is 0 Å². The first kappa shape index (κ1) is 13.9. The lowest BCUT2D eigenvalue weighted by Crippen LogP contribution is -2.32. The molecule has 0 bridgehead atoms. The Morgan fingerprint density at radius 1 is 1.56 bits per heavy atom. The molecule has 0 saturated heterocycles. The van der Waals surface area contributed by atoms with E-state index in [-0.39, 0.29) is 23.0 Å². The summed E-state index contributed by atoms with van der Waals surface area (Å²) in [5, 5.41) is 10.7. The lowest BCUT2D eigenvalue weighted by Gasteiger charge is -2.20. The van der Waals surface area contributed by atoms with E-state index in [1.54, 1.807) is 4.90 Å². The molecule has 18 heavy (non-hydrogen) atoms. The van der Waals surface area contributed by atoms with Gasteiger partial charge in [-0.25, -0.2) is 4.98 Å². The quantitative estimate of drug-likeness (QED) is 0.631. The Labute approximate surface area is 105 Å². The van der Waals surface area contributed by atoms with Gasteiger partial charge in [0.15, 0.2) is 0 Å². The van der Waals surface area contributed by atoms with Gasteiger partial charge in [0.25, 0.3) is 11.6 Å². The molecule has 1 rings (SSSR count). The van der Waals surface area contributed by atoms with E-state index in [0.717, 1.165) is 12.6 Å². The number of carbonyl (C=O) groups excluding carboxylic acids is 1. The van der Waals surface area contributed by atoms with E-state index in [1.807, 2.05) is 13.8 Å². The Morgan fingerprint density at radius 3 is 2.72 bits per heavy atom. The highest BCUT2D eigenvalue weighted by atomic mass is 16.6. The maximum Gasteiger partial charge on any atom is 0.288 e. The molecule has 2 N–H and O–H groups in total. The van der Waals surface area contributed by atoms with Gasteiger partial charge in [0, 0.05) is 19.2 Å². The van der Waals surface area contributed by atoms with Crippen LogP contribution < -0.4 is 5.73 Å². The molecule has 7 nitrogen and oxygen atoms in total. The number of aromatic nitrogens is 1. The Kier molecular flexibility index (Phi) is 4.59. The van der Waals surface area contributed by atoms with E-state index in [4.69, 9.17) is 5.73 Å². The molecule has 7 heteroatoms. The minimum Gasteiger partial charge on any atom is -0.383 e. The van der Waals surface area contributed by atoms with E-state index in [2.05, 4.69) is 4.98 Å². The van der Waals surface area contributed by atoms with Crippen molar-refractivity contribution >= 4 is 17.4 Å². The van der Waals surface area contributed by atoms with Crippen LogP contribution in [0.1, 0.15) is 30.6 Å². The van der Waals surface area contributed by atoms with E-state index in [0.29, 0.717) is 13.1 Å². The zero-order valence-corrected chi connectivity index (χ0v) is 10.4. The molecule has 0 spiro atoms. The van der Waals surface area contributed by atoms with Gasteiger partial charge in [0.05, 0.1) is 10.5 Å². The maximum atomic E-state index is 12.1. The molecule has 0 atom stereocenters. The zero-order valence-electron chi connectivity index (χ0n) is 10.4. The summed E-state index contributed by atoms with van der Waals surface area (Å²) >= 11 is 0. The van der Waals surface area contributed by atoms with E-state index in [9.17, 15) is 14.9 Å². The number of nitrogen functional groups attached to an aromatic ring is 1. The summed E-state index contributed by atoms with van der Waals surface area (Å²) in [5.74, 6) is -0.312. The summed E-state index contributed by atoms with van der Waals surface area (Å²) in [7, 11) is 0. The first-order chi connectivity index (χ1) is 8.51. The third-order valence-electron chi connectivity index (χ3n) is 2.51. The number of nitrogens with two attached hydrogens (primary N) is 1. The van der Waals surface area contributed by atoms with Gasteiger partial charge in [0.2, 0.25) is 0 Å². The number of carbonyl (C=O) groups is 1. The van der Waals surface area contributed by atoms with Crippen molar-refractivity contribution < 1.29 is 9.72 Å². The highest BCUT2D eigenvalue weighted by Crippen LogP contribution is 2.18. The van der Waals surface area contributed by atoms with Crippen molar-refractivity contribution in [1.82, 2.24) is 9.88 Å². The Hall–Kier alpha value is -2.18. The molecule has 0 aliphatic rings. The second-order valence-corrected chi connectivity index (χ2v) is 3.77. The van der Waals surface area contributed by atoms with Gasteiger partial charge < -0.3 is 10.6 Å². The van der Waals surface area contributed by atoms with E-state index >= 15 is 0 Å². The second kappa shape index (κ2) is 5.95. The fourth-order valence-electron chi connectivity index (χ4n) is 1.58. The highest BCUT2D eigenvalue weighted by molar-refractivity contribution is 5.98. The molecule has 1 amide bonds. The number of anilines is 1. The fourth-order valence-corrected chi connectivity index (χ4v) is 1.58. The van der Waals surface area contributed by atoms with Crippen LogP contribution >= 0.6 is 0 Å². The number of nitro groups is 1. The molecule has 0 aromatic carbocycles. The number of amides is 1. The minimum atomic E-state index is -0.598. The first-order valence-electron chi connectivity index (χ1n) is 5.70. The van der Waals surface area contributed by atoms with Crippen molar-refractivity contribution in [1.29, 1.82) is 0 Å². The SMILES string of the molecule is CCCN(CC)C(=O)c1cc([N+](=O)[O-])cnc1N. The topological polar surface area (TPSA) is 102 Å². The normalized spacial score (nSPS) is 10.1. The lowest BCUT2D eigenvalue weighted by molar-refractivity contribution is -0.385. The average molecular weight is 252 g/mol. The number of nitrogens with zero attached hydrogens (tertiary/aromatic N) is 3. The molecule has 0 aliphatic carbocycles.